The maximum atomic E-state index is 5.33. The Labute approximate surface area is 86.0 Å². The number of rotatable bonds is 4. The fraction of sp³-hybridized carbons (Fsp3) is 1.00. The molecule has 0 aromatic rings. The molecule has 1 heterocycles. The minimum Gasteiger partial charge on any atom is -0.379 e. The van der Waals surface area contributed by atoms with E-state index in [2.05, 4.69) is 25.7 Å². The minimum atomic E-state index is 0.395. The highest BCUT2D eigenvalue weighted by Crippen LogP contribution is 2.25. The molecule has 0 aliphatic carbocycles. The maximum absolute atomic E-state index is 5.33. The number of ether oxygens (including phenoxy) is 1. The van der Waals surface area contributed by atoms with Crippen molar-refractivity contribution in [1.82, 2.24) is 4.90 Å². The van der Waals surface area contributed by atoms with Crippen LogP contribution in [0.4, 0.5) is 0 Å². The molecular weight excluding hydrogens is 182 g/mol. The van der Waals surface area contributed by atoms with E-state index in [9.17, 15) is 0 Å². The highest BCUT2D eigenvalue weighted by Gasteiger charge is 2.22. The molecular formula is C10H21NOS. The van der Waals surface area contributed by atoms with Gasteiger partial charge in [0, 0.05) is 24.4 Å². The Morgan fingerprint density at radius 2 is 1.92 bits per heavy atom. The Kier molecular flexibility index (Phi) is 4.56. The van der Waals surface area contributed by atoms with Crippen LogP contribution in [-0.4, -0.2) is 48.2 Å². The molecule has 1 aliphatic heterocycles. The molecule has 0 amide bonds. The highest BCUT2D eigenvalue weighted by molar-refractivity contribution is 8.00. The first-order chi connectivity index (χ1) is 6.14. The number of nitrogens with zero attached hydrogens (tertiary/aromatic N) is 1. The Hall–Kier alpha value is 0.270. The molecule has 0 aromatic heterocycles. The zero-order chi connectivity index (χ0) is 9.73. The molecule has 3 heteroatoms. The average Bonchev–Trinajstić information content (AvgIpc) is 2.04. The first kappa shape index (κ1) is 11.3. The van der Waals surface area contributed by atoms with Crippen molar-refractivity contribution in [2.75, 3.05) is 38.6 Å². The third-order valence-electron chi connectivity index (χ3n) is 2.24. The van der Waals surface area contributed by atoms with E-state index < -0.39 is 0 Å². The fourth-order valence-corrected chi connectivity index (χ4v) is 2.79. The van der Waals surface area contributed by atoms with Gasteiger partial charge in [0.25, 0.3) is 0 Å². The van der Waals surface area contributed by atoms with Crippen LogP contribution >= 0.6 is 11.8 Å². The largest absolute Gasteiger partial charge is 0.379 e. The van der Waals surface area contributed by atoms with Crippen LogP contribution in [-0.2, 0) is 4.74 Å². The van der Waals surface area contributed by atoms with Crippen LogP contribution in [0.2, 0.25) is 0 Å². The molecule has 0 spiro atoms. The van der Waals surface area contributed by atoms with Crippen LogP contribution in [0.25, 0.3) is 0 Å². The van der Waals surface area contributed by atoms with E-state index >= 15 is 0 Å². The summed E-state index contributed by atoms with van der Waals surface area (Å²) in [5.41, 5.74) is 0. The van der Waals surface area contributed by atoms with Crippen molar-refractivity contribution < 1.29 is 4.74 Å². The second-order valence-electron chi connectivity index (χ2n) is 4.08. The lowest BCUT2D eigenvalue weighted by Crippen LogP contribution is -2.43. The first-order valence-corrected chi connectivity index (χ1v) is 6.07. The van der Waals surface area contributed by atoms with Crippen molar-refractivity contribution in [3.05, 3.63) is 0 Å². The highest BCUT2D eigenvalue weighted by atomic mass is 32.2. The molecule has 0 saturated carbocycles. The smallest absolute Gasteiger partial charge is 0.0594 e. The topological polar surface area (TPSA) is 12.5 Å². The summed E-state index contributed by atoms with van der Waals surface area (Å²) < 4.78 is 5.72. The summed E-state index contributed by atoms with van der Waals surface area (Å²) in [6, 6.07) is 0. The summed E-state index contributed by atoms with van der Waals surface area (Å²) in [5, 5.41) is 0. The lowest BCUT2D eigenvalue weighted by atomic mass is 10.2. The Morgan fingerprint density at radius 3 is 2.46 bits per heavy atom. The van der Waals surface area contributed by atoms with Gasteiger partial charge in [-0.3, -0.25) is 4.90 Å². The lowest BCUT2D eigenvalue weighted by molar-refractivity contribution is 0.0350. The molecule has 78 valence electrons. The summed E-state index contributed by atoms with van der Waals surface area (Å²) in [7, 11) is 0. The Morgan fingerprint density at radius 1 is 1.31 bits per heavy atom. The van der Waals surface area contributed by atoms with Crippen molar-refractivity contribution >= 4 is 11.8 Å². The van der Waals surface area contributed by atoms with Crippen LogP contribution in [0.3, 0.4) is 0 Å². The van der Waals surface area contributed by atoms with Crippen LogP contribution in [0, 0.1) is 0 Å². The number of hydrogen-bond donors (Lipinski definition) is 0. The number of morpholine rings is 1. The summed E-state index contributed by atoms with van der Waals surface area (Å²) in [6.07, 6.45) is 0. The molecule has 0 radical (unpaired) electrons. The van der Waals surface area contributed by atoms with Gasteiger partial charge in [-0.1, -0.05) is 6.92 Å². The third-order valence-corrected chi connectivity index (χ3v) is 3.44. The second-order valence-corrected chi connectivity index (χ2v) is 6.05. The normalized spacial score (nSPS) is 20.5. The van der Waals surface area contributed by atoms with Gasteiger partial charge >= 0.3 is 0 Å². The van der Waals surface area contributed by atoms with Gasteiger partial charge in [-0.2, -0.15) is 11.8 Å². The van der Waals surface area contributed by atoms with E-state index in [1.165, 1.54) is 12.3 Å². The molecule has 0 atom stereocenters. The van der Waals surface area contributed by atoms with Gasteiger partial charge in [0.2, 0.25) is 0 Å². The lowest BCUT2D eigenvalue weighted by Gasteiger charge is -2.34. The molecule has 0 N–H and O–H groups in total. The minimum absolute atomic E-state index is 0.395. The van der Waals surface area contributed by atoms with Crippen LogP contribution in [0.15, 0.2) is 0 Å². The zero-order valence-electron chi connectivity index (χ0n) is 9.01. The predicted octanol–water partition coefficient (Wildman–Crippen LogP) is 1.85. The van der Waals surface area contributed by atoms with Crippen LogP contribution in [0.1, 0.15) is 20.8 Å². The monoisotopic (exact) mass is 203 g/mol. The molecule has 1 fully saturated rings. The fourth-order valence-electron chi connectivity index (χ4n) is 1.73. The predicted molar refractivity (Wildman–Crippen MR) is 59.5 cm³/mol. The molecule has 0 aromatic carbocycles. The number of hydrogen-bond acceptors (Lipinski definition) is 3. The van der Waals surface area contributed by atoms with E-state index in [1.54, 1.807) is 0 Å². The Bertz CT molecular complexity index is 144. The van der Waals surface area contributed by atoms with Gasteiger partial charge < -0.3 is 4.74 Å². The summed E-state index contributed by atoms with van der Waals surface area (Å²) in [4.78, 5) is 2.51. The molecule has 13 heavy (non-hydrogen) atoms. The average molecular weight is 203 g/mol. The summed E-state index contributed by atoms with van der Waals surface area (Å²) in [6.45, 7) is 12.1. The van der Waals surface area contributed by atoms with E-state index in [1.807, 2.05) is 11.8 Å². The Balaban J connectivity index is 2.28. The standard InChI is InChI=1S/C10H21NOS/c1-4-13-10(2,3)9-11-5-7-12-8-6-11/h4-9H2,1-3H3. The van der Waals surface area contributed by atoms with Gasteiger partial charge in [0.05, 0.1) is 13.2 Å². The number of thioether (sulfide) groups is 1. The van der Waals surface area contributed by atoms with E-state index in [-0.39, 0.29) is 0 Å². The van der Waals surface area contributed by atoms with Gasteiger partial charge in [-0.25, -0.2) is 0 Å². The van der Waals surface area contributed by atoms with Crippen molar-refractivity contribution in [1.29, 1.82) is 0 Å². The molecule has 2 nitrogen and oxygen atoms in total. The van der Waals surface area contributed by atoms with Crippen molar-refractivity contribution in [2.45, 2.75) is 25.5 Å². The van der Waals surface area contributed by atoms with Gasteiger partial charge in [-0.15, -0.1) is 0 Å². The van der Waals surface area contributed by atoms with Gasteiger partial charge in [0.1, 0.15) is 0 Å². The van der Waals surface area contributed by atoms with E-state index in [4.69, 9.17) is 4.74 Å². The first-order valence-electron chi connectivity index (χ1n) is 5.08. The molecule has 0 unspecified atom stereocenters. The molecule has 1 aliphatic rings. The van der Waals surface area contributed by atoms with Gasteiger partial charge in [0.15, 0.2) is 0 Å². The summed E-state index contributed by atoms with van der Waals surface area (Å²) >= 11 is 2.04. The van der Waals surface area contributed by atoms with Crippen LogP contribution < -0.4 is 0 Å². The SMILES string of the molecule is CCSC(C)(C)CN1CCOCC1. The molecule has 1 rings (SSSR count). The van der Waals surface area contributed by atoms with E-state index in [0.29, 0.717) is 4.75 Å². The second kappa shape index (κ2) is 5.23. The maximum Gasteiger partial charge on any atom is 0.0594 e. The zero-order valence-corrected chi connectivity index (χ0v) is 9.82. The van der Waals surface area contributed by atoms with Crippen molar-refractivity contribution in [2.24, 2.45) is 0 Å². The van der Waals surface area contributed by atoms with Crippen LogP contribution in [0.5, 0.6) is 0 Å². The quantitative estimate of drug-likeness (QED) is 0.692. The van der Waals surface area contributed by atoms with E-state index in [0.717, 1.165) is 26.3 Å². The molecule has 1 saturated heterocycles. The van der Waals surface area contributed by atoms with Crippen molar-refractivity contribution in [3.8, 4) is 0 Å². The third kappa shape index (κ3) is 4.34. The summed E-state index contributed by atoms with van der Waals surface area (Å²) in [5.74, 6) is 1.21. The van der Waals surface area contributed by atoms with Gasteiger partial charge in [-0.05, 0) is 19.6 Å². The van der Waals surface area contributed by atoms with Crippen molar-refractivity contribution in [3.63, 3.8) is 0 Å². The molecule has 0 bridgehead atoms.